The van der Waals surface area contributed by atoms with Crippen LogP contribution in [-0.4, -0.2) is 18.5 Å². The number of carbonyl (C=O) groups is 2. The molecule has 2 aromatic carbocycles. The Morgan fingerprint density at radius 3 is 2.67 bits per heavy atom. The van der Waals surface area contributed by atoms with E-state index in [9.17, 15) is 14.0 Å². The molecule has 1 amide bonds. The fourth-order valence-corrected chi connectivity index (χ4v) is 6.05. The third-order valence-corrected chi connectivity index (χ3v) is 7.88. The lowest BCUT2D eigenvalue weighted by atomic mass is 9.72. The largest absolute Gasteiger partial charge is 0.454 e. The Kier molecular flexibility index (Phi) is 5.60. The molecule has 6 rings (SSSR count). The molecule has 182 valence electrons. The molecule has 2 atom stereocenters. The van der Waals surface area contributed by atoms with Crippen LogP contribution < -0.4 is 20.1 Å². The average Bonchev–Trinajstić information content (AvgIpc) is 3.56. The van der Waals surface area contributed by atoms with E-state index in [1.165, 1.54) is 29.1 Å². The van der Waals surface area contributed by atoms with Crippen LogP contribution in [0.1, 0.15) is 42.0 Å². The molecule has 1 aliphatic carbocycles. The number of ether oxygens (including phenoxy) is 2. The maximum Gasteiger partial charge on any atom is 0.254 e. The molecule has 1 aromatic heterocycles. The van der Waals surface area contributed by atoms with Gasteiger partial charge in [0.1, 0.15) is 5.82 Å². The van der Waals surface area contributed by atoms with E-state index >= 15 is 0 Å². The Morgan fingerprint density at radius 1 is 1.08 bits per heavy atom. The number of hydrogen-bond acceptors (Lipinski definition) is 6. The number of allylic oxidation sites excluding steroid dienone is 3. The summed E-state index contributed by atoms with van der Waals surface area (Å²) in [5, 5.41) is 8.28. The van der Waals surface area contributed by atoms with Crippen LogP contribution in [0.4, 0.5) is 10.1 Å². The molecule has 0 saturated carbocycles. The first-order valence-electron chi connectivity index (χ1n) is 11.7. The lowest BCUT2D eigenvalue weighted by molar-refractivity contribution is -0.116. The van der Waals surface area contributed by atoms with Gasteiger partial charge in [-0.15, -0.1) is 11.3 Å². The summed E-state index contributed by atoms with van der Waals surface area (Å²) in [5.41, 5.74) is 3.83. The van der Waals surface area contributed by atoms with Crippen molar-refractivity contribution in [3.8, 4) is 11.5 Å². The van der Waals surface area contributed by atoms with Crippen LogP contribution >= 0.6 is 11.3 Å². The zero-order chi connectivity index (χ0) is 24.8. The number of dihydropyridines is 1. The maximum atomic E-state index is 13.7. The molecule has 0 saturated heterocycles. The molecule has 3 heterocycles. The van der Waals surface area contributed by atoms with Crippen molar-refractivity contribution in [3.05, 3.63) is 98.8 Å². The number of nitrogens with one attached hydrogen (secondary N) is 2. The summed E-state index contributed by atoms with van der Waals surface area (Å²) in [4.78, 5) is 28.5. The molecule has 36 heavy (non-hydrogen) atoms. The van der Waals surface area contributed by atoms with Gasteiger partial charge in [0.25, 0.3) is 5.91 Å². The molecule has 0 unspecified atom stereocenters. The third-order valence-electron chi connectivity index (χ3n) is 6.85. The molecule has 3 aromatic rings. The number of anilines is 1. The van der Waals surface area contributed by atoms with E-state index < -0.39 is 5.92 Å². The lowest BCUT2D eigenvalue weighted by Gasteiger charge is -2.36. The average molecular weight is 503 g/mol. The van der Waals surface area contributed by atoms with Crippen LogP contribution in [0, 0.1) is 5.82 Å². The quantitative estimate of drug-likeness (QED) is 0.485. The normalized spacial score (nSPS) is 20.8. The second-order valence-electron chi connectivity index (χ2n) is 9.11. The summed E-state index contributed by atoms with van der Waals surface area (Å²) in [6, 6.07) is 15.2. The topological polar surface area (TPSA) is 76.7 Å². The first-order valence-corrected chi connectivity index (χ1v) is 12.6. The summed E-state index contributed by atoms with van der Waals surface area (Å²) >= 11 is 1.65. The highest BCUT2D eigenvalue weighted by Gasteiger charge is 2.41. The van der Waals surface area contributed by atoms with Crippen molar-refractivity contribution in [1.29, 1.82) is 0 Å². The third kappa shape index (κ3) is 3.97. The molecule has 0 fully saturated rings. The van der Waals surface area contributed by atoms with Crippen LogP contribution in [-0.2, 0) is 9.59 Å². The van der Waals surface area contributed by atoms with Crippen molar-refractivity contribution in [2.45, 2.75) is 31.6 Å². The van der Waals surface area contributed by atoms with Crippen LogP contribution in [0.15, 0.2) is 82.5 Å². The first-order chi connectivity index (χ1) is 17.5. The van der Waals surface area contributed by atoms with Gasteiger partial charge in [-0.2, -0.15) is 0 Å². The van der Waals surface area contributed by atoms with Gasteiger partial charge >= 0.3 is 0 Å². The second-order valence-corrected chi connectivity index (χ2v) is 10.1. The number of benzene rings is 2. The van der Waals surface area contributed by atoms with E-state index in [1.54, 1.807) is 11.3 Å². The maximum absolute atomic E-state index is 13.7. The van der Waals surface area contributed by atoms with Crippen LogP contribution in [0.2, 0.25) is 0 Å². The van der Waals surface area contributed by atoms with Crippen molar-refractivity contribution in [3.63, 3.8) is 0 Å². The number of ketones is 1. The number of fused-ring (bicyclic) bond motifs is 1. The van der Waals surface area contributed by atoms with Gasteiger partial charge in [0.05, 0.1) is 0 Å². The Hall–Kier alpha value is -3.91. The molecular formula is C28H23FN2O4S. The van der Waals surface area contributed by atoms with Crippen molar-refractivity contribution in [2.24, 2.45) is 0 Å². The van der Waals surface area contributed by atoms with Crippen LogP contribution in [0.25, 0.3) is 0 Å². The van der Waals surface area contributed by atoms with Gasteiger partial charge < -0.3 is 20.1 Å². The molecule has 8 heteroatoms. The van der Waals surface area contributed by atoms with E-state index in [-0.39, 0.29) is 30.2 Å². The predicted molar refractivity (Wildman–Crippen MR) is 134 cm³/mol. The highest BCUT2D eigenvalue weighted by molar-refractivity contribution is 7.10. The van der Waals surface area contributed by atoms with Gasteiger partial charge in [0.15, 0.2) is 17.3 Å². The van der Waals surface area contributed by atoms with Crippen LogP contribution in [0.3, 0.4) is 0 Å². The predicted octanol–water partition coefficient (Wildman–Crippen LogP) is 5.62. The minimum atomic E-state index is -0.576. The van der Waals surface area contributed by atoms with E-state index in [0.717, 1.165) is 11.3 Å². The minimum Gasteiger partial charge on any atom is -0.454 e. The number of amides is 1. The van der Waals surface area contributed by atoms with Crippen molar-refractivity contribution in [1.82, 2.24) is 5.32 Å². The molecule has 6 nitrogen and oxygen atoms in total. The molecule has 2 N–H and O–H groups in total. The summed E-state index contributed by atoms with van der Waals surface area (Å²) < 4.78 is 24.5. The fourth-order valence-electron chi connectivity index (χ4n) is 5.22. The number of rotatable bonds is 4. The first kappa shape index (κ1) is 22.5. The Labute approximate surface area is 211 Å². The monoisotopic (exact) mass is 502 g/mol. The fraction of sp³-hybridized carbons (Fsp3) is 0.214. The van der Waals surface area contributed by atoms with E-state index in [2.05, 4.69) is 16.7 Å². The van der Waals surface area contributed by atoms with Gasteiger partial charge in [-0.05, 0) is 66.8 Å². The van der Waals surface area contributed by atoms with E-state index in [1.807, 2.05) is 36.6 Å². The molecular weight excluding hydrogens is 479 g/mol. The van der Waals surface area contributed by atoms with Gasteiger partial charge in [0.2, 0.25) is 6.79 Å². The van der Waals surface area contributed by atoms with Gasteiger partial charge in [0, 0.05) is 51.4 Å². The lowest BCUT2D eigenvalue weighted by Crippen LogP contribution is -2.37. The van der Waals surface area contributed by atoms with E-state index in [0.29, 0.717) is 46.9 Å². The zero-order valence-corrected chi connectivity index (χ0v) is 20.3. The Morgan fingerprint density at radius 2 is 1.89 bits per heavy atom. The number of hydrogen-bond donors (Lipinski definition) is 2. The Bertz CT molecular complexity index is 1430. The summed E-state index contributed by atoms with van der Waals surface area (Å²) in [7, 11) is 0. The minimum absolute atomic E-state index is 0.0180. The molecule has 3 aliphatic rings. The summed E-state index contributed by atoms with van der Waals surface area (Å²) in [5.74, 6) is 0.0234. The number of carbonyl (C=O) groups excluding carboxylic acids is 2. The van der Waals surface area contributed by atoms with Crippen LogP contribution in [0.5, 0.6) is 11.5 Å². The molecule has 0 radical (unpaired) electrons. The molecule has 0 spiro atoms. The van der Waals surface area contributed by atoms with Crippen molar-refractivity contribution < 1.29 is 23.5 Å². The van der Waals surface area contributed by atoms with E-state index in [4.69, 9.17) is 9.47 Å². The van der Waals surface area contributed by atoms with Crippen molar-refractivity contribution >= 4 is 28.7 Å². The summed E-state index contributed by atoms with van der Waals surface area (Å²) in [6.45, 7) is 1.98. The molecule has 2 aliphatic heterocycles. The van der Waals surface area contributed by atoms with Crippen molar-refractivity contribution in [2.75, 3.05) is 12.1 Å². The SMILES string of the molecule is CC1=C(C(=O)Nc2ccc(F)cc2)[C@@H](c2ccc3c(c2)OCO3)C2=C(C[C@@H](c3cccs3)CC2=O)N1. The van der Waals surface area contributed by atoms with Gasteiger partial charge in [-0.25, -0.2) is 4.39 Å². The number of thiophene rings is 1. The zero-order valence-electron chi connectivity index (χ0n) is 19.5. The highest BCUT2D eigenvalue weighted by atomic mass is 32.1. The molecule has 0 bridgehead atoms. The standard InChI is InChI=1S/C28H23FN2O4S/c1-15-25(28(33)31-19-7-5-18(29)6-8-19)26(16-4-9-22-23(13-16)35-14-34-22)27-20(30-15)11-17(12-21(27)32)24-3-2-10-36-24/h2-10,13,17,26,30H,11-12,14H2,1H3,(H,31,33)/t17-,26-/m1/s1. The smallest absolute Gasteiger partial charge is 0.254 e. The highest BCUT2D eigenvalue weighted by Crippen LogP contribution is 2.47. The summed E-state index contributed by atoms with van der Waals surface area (Å²) in [6.07, 6.45) is 1.07. The van der Waals surface area contributed by atoms with Gasteiger partial charge in [-0.1, -0.05) is 12.1 Å². The second kappa shape index (κ2) is 8.95. The number of Topliss-reactive ketones (excluding diaryl/α,β-unsaturated/α-hetero) is 1. The Balaban J connectivity index is 1.42. The number of halogens is 1. The van der Waals surface area contributed by atoms with Gasteiger partial charge in [-0.3, -0.25) is 9.59 Å².